The maximum atomic E-state index is 14.9. The molecule has 1 aliphatic heterocycles. The number of nitrogens with one attached hydrogen (secondary N) is 8. The molecule has 0 aliphatic carbocycles. The van der Waals surface area contributed by atoms with Crippen LogP contribution >= 0.6 is 21.6 Å². The van der Waals surface area contributed by atoms with E-state index in [-0.39, 0.29) is 49.5 Å². The van der Waals surface area contributed by atoms with Gasteiger partial charge in [0.25, 0.3) is 5.97 Å². The number of aliphatic hydroxyl groups excluding tert-OH is 1. The van der Waals surface area contributed by atoms with Crippen molar-refractivity contribution in [2.45, 2.75) is 121 Å². The fourth-order valence-electron chi connectivity index (χ4n) is 8.71. The summed E-state index contributed by atoms with van der Waals surface area (Å²) >= 11 is 0. The van der Waals surface area contributed by atoms with E-state index < -0.39 is 114 Å². The van der Waals surface area contributed by atoms with E-state index in [1.807, 2.05) is 66.7 Å². The second-order valence-electron chi connectivity index (χ2n) is 20.0. The molecule has 0 saturated carbocycles. The number of nitrogens with two attached hydrogens (primary N) is 3. The number of rotatable bonds is 17. The first-order chi connectivity index (χ1) is 38.5. The van der Waals surface area contributed by atoms with Gasteiger partial charge in [-0.3, -0.25) is 43.2 Å². The molecule has 2 heterocycles. The summed E-state index contributed by atoms with van der Waals surface area (Å²) in [5, 5.41) is 49.5. The monoisotopic (exact) mass is 1160 g/mol. The van der Waals surface area contributed by atoms with E-state index >= 15 is 0 Å². The molecule has 0 radical (unpaired) electrons. The lowest BCUT2D eigenvalue weighted by Crippen LogP contribution is -2.62. The van der Waals surface area contributed by atoms with Gasteiger partial charge < -0.3 is 74.7 Å². The van der Waals surface area contributed by atoms with Gasteiger partial charge in [-0.05, 0) is 90.7 Å². The molecular weight excluding hydrogens is 1080 g/mol. The van der Waals surface area contributed by atoms with Crippen molar-refractivity contribution in [1.82, 2.24) is 42.2 Å². The summed E-state index contributed by atoms with van der Waals surface area (Å²) in [6, 6.07) is 15.8. The highest BCUT2D eigenvalue weighted by Crippen LogP contribution is 2.25. The van der Waals surface area contributed by atoms with E-state index in [9.17, 15) is 48.6 Å². The Hall–Kier alpha value is -7.71. The summed E-state index contributed by atoms with van der Waals surface area (Å²) < 4.78 is 0. The number of hydrogen-bond donors (Lipinski definition) is 14. The molecular formula is C56H73N11O12S2. The van der Waals surface area contributed by atoms with Crippen LogP contribution in [0.15, 0.2) is 97.2 Å². The van der Waals surface area contributed by atoms with Crippen LogP contribution < -0.4 is 54.4 Å². The average Bonchev–Trinajstić information content (AvgIpc) is 3.88. The maximum absolute atomic E-state index is 14.9. The topological polar surface area (TPSA) is 392 Å². The minimum absolute atomic E-state index is 0.0501. The molecule has 1 aromatic heterocycles. The van der Waals surface area contributed by atoms with E-state index in [0.717, 1.165) is 55.8 Å². The first-order valence-electron chi connectivity index (χ1n) is 26.3. The van der Waals surface area contributed by atoms with Gasteiger partial charge in [0.2, 0.25) is 47.3 Å². The maximum Gasteiger partial charge on any atom is 0.300 e. The van der Waals surface area contributed by atoms with Crippen LogP contribution in [0.25, 0.3) is 21.7 Å². The van der Waals surface area contributed by atoms with Crippen LogP contribution in [0.4, 0.5) is 0 Å². The molecule has 1 aliphatic rings. The lowest BCUT2D eigenvalue weighted by Gasteiger charge is -2.29. The van der Waals surface area contributed by atoms with E-state index in [2.05, 4.69) is 42.2 Å². The van der Waals surface area contributed by atoms with Crippen molar-refractivity contribution >= 4 is 96.5 Å². The SMILES string of the molecule is CC(=O)O.CC(C)C1NC(=O)C(CCCCN)NC(=O)C(Cc2c[nH]c3ccccc23)NC(=O)C(Cc2ccc(O)cc2)NC(=O)C(NC(=O)C(N)Cc2ccc3ccccc3c2)CSSCC(C(=O)NC(C(N)=O)C(C)O)NC1=O. The highest BCUT2D eigenvalue weighted by Gasteiger charge is 2.36. The molecule has 81 heavy (non-hydrogen) atoms. The van der Waals surface area contributed by atoms with Crippen molar-refractivity contribution in [2.24, 2.45) is 23.1 Å². The molecule has 436 valence electrons. The molecule has 0 spiro atoms. The lowest BCUT2D eigenvalue weighted by atomic mass is 10.00. The van der Waals surface area contributed by atoms with Gasteiger partial charge in [-0.15, -0.1) is 0 Å². The van der Waals surface area contributed by atoms with Crippen molar-refractivity contribution in [1.29, 1.82) is 0 Å². The highest BCUT2D eigenvalue weighted by atomic mass is 33.1. The molecule has 9 atom stereocenters. The zero-order valence-corrected chi connectivity index (χ0v) is 47.1. The van der Waals surface area contributed by atoms with Gasteiger partial charge in [0.1, 0.15) is 48.0 Å². The molecule has 5 aromatic rings. The predicted molar refractivity (Wildman–Crippen MR) is 310 cm³/mol. The molecule has 9 unspecified atom stereocenters. The predicted octanol–water partition coefficient (Wildman–Crippen LogP) is 0.913. The average molecular weight is 1160 g/mol. The number of unbranched alkanes of at least 4 members (excludes halogenated alkanes) is 1. The standard InChI is InChI=1S/C54H69N11O10S2.C2H4O2/c1-29(2)45-54(75)63-44(53(74)65-46(30(3)66)47(57)68)28-77-76-27-43(62-48(69)38(56)23-32-15-18-33-10-4-5-11-34(33)22-32)52(73)60-41(24-31-16-19-36(67)20-17-31)50(71)61-42(25-35-26-58-39-13-7-6-12-37(35)39)51(72)59-40(49(70)64-45)14-8-9-21-55;1-2(3)4/h4-7,10-13,15-20,22,26,29-30,38,40-46,58,66-67H,8-9,14,21,23-25,27-28,55-56H2,1-3H3,(H2,57,68)(H,59,72)(H,60,73)(H,61,71)(H,62,69)(H,63,75)(H,64,70)(H,65,74);1H3,(H,3,4). The molecule has 4 aromatic carbocycles. The third-order valence-corrected chi connectivity index (χ3v) is 15.5. The number of phenols is 1. The molecule has 17 N–H and O–H groups in total. The second kappa shape index (κ2) is 31.3. The lowest BCUT2D eigenvalue weighted by molar-refractivity contribution is -0.136. The first-order valence-corrected chi connectivity index (χ1v) is 28.8. The Morgan fingerprint density at radius 1 is 0.716 bits per heavy atom. The number of aliphatic carboxylic acids is 1. The number of phenolic OH excluding ortho intramolecular Hbond substituents is 1. The Labute approximate surface area is 476 Å². The Bertz CT molecular complexity index is 2990. The van der Waals surface area contributed by atoms with Crippen LogP contribution in [0.3, 0.4) is 0 Å². The van der Waals surface area contributed by atoms with Gasteiger partial charge in [0, 0.05) is 48.4 Å². The first kappa shape index (κ1) is 64.1. The van der Waals surface area contributed by atoms with Gasteiger partial charge in [-0.25, -0.2) is 0 Å². The minimum atomic E-state index is -1.55. The molecule has 6 rings (SSSR count). The van der Waals surface area contributed by atoms with E-state index in [1.165, 1.54) is 19.1 Å². The third kappa shape index (κ3) is 19.8. The molecule has 0 bridgehead atoms. The number of carbonyl (C=O) groups excluding carboxylic acids is 8. The van der Waals surface area contributed by atoms with Crippen molar-refractivity contribution in [3.63, 3.8) is 0 Å². The second-order valence-corrected chi connectivity index (χ2v) is 22.5. The largest absolute Gasteiger partial charge is 0.508 e. The molecule has 1 fully saturated rings. The van der Waals surface area contributed by atoms with Crippen molar-refractivity contribution in [2.75, 3.05) is 18.1 Å². The fourth-order valence-corrected chi connectivity index (χ4v) is 11.0. The number of amides is 8. The summed E-state index contributed by atoms with van der Waals surface area (Å²) in [5.41, 5.74) is 20.5. The third-order valence-electron chi connectivity index (χ3n) is 13.1. The van der Waals surface area contributed by atoms with Crippen LogP contribution in [0, 0.1) is 5.92 Å². The van der Waals surface area contributed by atoms with Crippen LogP contribution in [0.2, 0.25) is 0 Å². The number of carbonyl (C=O) groups is 9. The van der Waals surface area contributed by atoms with Gasteiger partial charge in [0.15, 0.2) is 0 Å². The van der Waals surface area contributed by atoms with Crippen LogP contribution in [0.5, 0.6) is 5.75 Å². The highest BCUT2D eigenvalue weighted by molar-refractivity contribution is 8.76. The van der Waals surface area contributed by atoms with E-state index in [4.69, 9.17) is 27.1 Å². The smallest absolute Gasteiger partial charge is 0.300 e. The Balaban J connectivity index is 0.00000291. The number of aromatic amines is 1. The van der Waals surface area contributed by atoms with Gasteiger partial charge in [-0.1, -0.05) is 108 Å². The quantitative estimate of drug-likeness (QED) is 0.0455. The van der Waals surface area contributed by atoms with Gasteiger partial charge in [0.05, 0.1) is 12.1 Å². The zero-order chi connectivity index (χ0) is 59.3. The van der Waals surface area contributed by atoms with E-state index in [1.54, 1.807) is 32.2 Å². The number of carboxylic acids is 1. The molecule has 1 saturated heterocycles. The number of H-pyrrole nitrogens is 1. The molecule has 8 amide bonds. The van der Waals surface area contributed by atoms with E-state index in [0.29, 0.717) is 24.0 Å². The number of benzene rings is 4. The summed E-state index contributed by atoms with van der Waals surface area (Å²) in [6.07, 6.45) is 1.05. The number of primary amides is 1. The number of carboxylic acid groups (broad SMARTS) is 1. The Kier molecular flexibility index (Phi) is 24.8. The number of fused-ring (bicyclic) bond motifs is 2. The number of aromatic nitrogens is 1. The molecule has 23 nitrogen and oxygen atoms in total. The number of para-hydroxylation sites is 1. The Morgan fingerprint density at radius 3 is 1.96 bits per heavy atom. The minimum Gasteiger partial charge on any atom is -0.508 e. The zero-order valence-electron chi connectivity index (χ0n) is 45.4. The normalized spacial score (nSPS) is 20.9. The summed E-state index contributed by atoms with van der Waals surface area (Å²) in [4.78, 5) is 125. The number of hydrogen-bond acceptors (Lipinski definition) is 15. The summed E-state index contributed by atoms with van der Waals surface area (Å²) in [6.45, 7) is 5.93. The van der Waals surface area contributed by atoms with Gasteiger partial charge in [-0.2, -0.15) is 0 Å². The van der Waals surface area contributed by atoms with Crippen LogP contribution in [0.1, 0.15) is 63.6 Å². The van der Waals surface area contributed by atoms with Crippen molar-refractivity contribution in [3.8, 4) is 5.75 Å². The van der Waals surface area contributed by atoms with Gasteiger partial charge >= 0.3 is 0 Å². The summed E-state index contributed by atoms with van der Waals surface area (Å²) in [7, 11) is 2.03. The summed E-state index contributed by atoms with van der Waals surface area (Å²) in [5.74, 6) is -8.50. The van der Waals surface area contributed by atoms with Crippen LogP contribution in [-0.2, 0) is 62.4 Å². The fraction of sp³-hybridized carbons (Fsp3) is 0.411. The van der Waals surface area contributed by atoms with Crippen LogP contribution in [-0.4, -0.2) is 146 Å². The number of aromatic hydroxyl groups is 1. The van der Waals surface area contributed by atoms with Crippen molar-refractivity contribution < 1.29 is 58.5 Å². The molecule has 25 heteroatoms. The number of aliphatic hydroxyl groups is 1. The Morgan fingerprint density at radius 2 is 1.31 bits per heavy atom. The van der Waals surface area contributed by atoms with Crippen molar-refractivity contribution in [3.05, 3.63) is 114 Å².